The third-order valence-electron chi connectivity index (χ3n) is 3.65. The summed E-state index contributed by atoms with van der Waals surface area (Å²) in [7, 11) is 0. The van der Waals surface area contributed by atoms with Gasteiger partial charge in [0.2, 0.25) is 5.91 Å². The molecule has 6 nitrogen and oxygen atoms in total. The minimum atomic E-state index is -0.382. The van der Waals surface area contributed by atoms with Crippen LogP contribution in [0.2, 0.25) is 0 Å². The Hall–Kier alpha value is -2.46. The normalized spacial score (nSPS) is 16.9. The minimum Gasteiger partial charge on any atom is -0.494 e. The molecule has 7 heteroatoms. The van der Waals surface area contributed by atoms with E-state index in [9.17, 15) is 14.9 Å². The topological polar surface area (TPSA) is 88.4 Å². The Labute approximate surface area is 157 Å². The molecular formula is C19H22N2O4S. The van der Waals surface area contributed by atoms with Crippen LogP contribution in [0, 0.1) is 11.3 Å². The van der Waals surface area contributed by atoms with Crippen molar-refractivity contribution in [3.8, 4) is 11.8 Å². The number of allylic oxidation sites excluding steroid dienone is 1. The number of nitrogens with zero attached hydrogens (tertiary/aromatic N) is 1. The molecule has 0 spiro atoms. The lowest BCUT2D eigenvalue weighted by Crippen LogP contribution is -2.31. The van der Waals surface area contributed by atoms with E-state index in [4.69, 9.17) is 9.47 Å². The van der Waals surface area contributed by atoms with E-state index in [2.05, 4.69) is 11.4 Å². The first-order chi connectivity index (χ1) is 12.4. The summed E-state index contributed by atoms with van der Waals surface area (Å²) in [6.07, 6.45) is -0.0118. The lowest BCUT2D eigenvalue weighted by atomic mass is 9.87. The molecule has 0 saturated carbocycles. The summed E-state index contributed by atoms with van der Waals surface area (Å²) in [4.78, 5) is 23.8. The largest absolute Gasteiger partial charge is 0.494 e. The molecule has 26 heavy (non-hydrogen) atoms. The highest BCUT2D eigenvalue weighted by Gasteiger charge is 2.30. The zero-order valence-electron chi connectivity index (χ0n) is 15.1. The van der Waals surface area contributed by atoms with E-state index < -0.39 is 0 Å². The van der Waals surface area contributed by atoms with Crippen LogP contribution in [0.15, 0.2) is 34.9 Å². The highest BCUT2D eigenvalue weighted by Crippen LogP contribution is 2.36. The monoisotopic (exact) mass is 374 g/mol. The van der Waals surface area contributed by atoms with E-state index in [0.29, 0.717) is 17.2 Å². The van der Waals surface area contributed by atoms with Crippen molar-refractivity contribution in [2.24, 2.45) is 0 Å². The van der Waals surface area contributed by atoms with Gasteiger partial charge in [-0.2, -0.15) is 5.26 Å². The molecule has 0 saturated heterocycles. The van der Waals surface area contributed by atoms with Gasteiger partial charge in [0, 0.05) is 12.3 Å². The van der Waals surface area contributed by atoms with Gasteiger partial charge in [-0.05, 0) is 38.5 Å². The molecule has 138 valence electrons. The molecule has 0 fully saturated rings. The van der Waals surface area contributed by atoms with Crippen LogP contribution in [-0.2, 0) is 14.3 Å². The van der Waals surface area contributed by atoms with Crippen LogP contribution in [0.3, 0.4) is 0 Å². The van der Waals surface area contributed by atoms with Crippen molar-refractivity contribution < 1.29 is 19.1 Å². The summed E-state index contributed by atoms with van der Waals surface area (Å²) in [5.74, 6) is -0.123. The first-order valence-electron chi connectivity index (χ1n) is 8.43. The highest BCUT2D eigenvalue weighted by molar-refractivity contribution is 8.03. The van der Waals surface area contributed by atoms with Crippen molar-refractivity contribution in [3.63, 3.8) is 0 Å². The summed E-state index contributed by atoms with van der Waals surface area (Å²) in [6, 6.07) is 9.57. The van der Waals surface area contributed by atoms with E-state index >= 15 is 0 Å². The van der Waals surface area contributed by atoms with Gasteiger partial charge in [0.1, 0.15) is 5.75 Å². The highest BCUT2D eigenvalue weighted by atomic mass is 32.2. The second-order valence-electron chi connectivity index (χ2n) is 5.99. The molecule has 2 rings (SSSR count). The van der Waals surface area contributed by atoms with Crippen molar-refractivity contribution in [2.45, 2.75) is 39.2 Å². The van der Waals surface area contributed by atoms with Gasteiger partial charge in [-0.3, -0.25) is 9.59 Å². The zero-order valence-corrected chi connectivity index (χ0v) is 15.9. The Balaban J connectivity index is 2.21. The number of esters is 1. The van der Waals surface area contributed by atoms with E-state index in [-0.39, 0.29) is 36.1 Å². The third-order valence-corrected chi connectivity index (χ3v) is 4.64. The molecule has 1 aliphatic heterocycles. The van der Waals surface area contributed by atoms with Crippen LogP contribution in [0.4, 0.5) is 0 Å². The van der Waals surface area contributed by atoms with Crippen LogP contribution in [0.25, 0.3) is 0 Å². The maximum Gasteiger partial charge on any atom is 0.316 e. The zero-order chi connectivity index (χ0) is 19.1. The van der Waals surface area contributed by atoms with Crippen molar-refractivity contribution in [1.29, 1.82) is 5.26 Å². The Morgan fingerprint density at radius 3 is 2.65 bits per heavy atom. The molecule has 0 aromatic heterocycles. The molecule has 1 aliphatic rings. The second-order valence-corrected chi connectivity index (χ2v) is 6.97. The quantitative estimate of drug-likeness (QED) is 0.738. The molecule has 1 aromatic carbocycles. The lowest BCUT2D eigenvalue weighted by molar-refractivity contribution is -0.144. The number of nitriles is 1. The second kappa shape index (κ2) is 9.30. The van der Waals surface area contributed by atoms with Crippen LogP contribution >= 0.6 is 11.8 Å². The Morgan fingerprint density at radius 1 is 1.38 bits per heavy atom. The number of nitrogens with one attached hydrogen (secondary N) is 1. The maximum absolute atomic E-state index is 12.1. The smallest absolute Gasteiger partial charge is 0.316 e. The van der Waals surface area contributed by atoms with E-state index in [1.54, 1.807) is 13.8 Å². The Bertz CT molecular complexity index is 735. The van der Waals surface area contributed by atoms with E-state index in [1.165, 1.54) is 0 Å². The molecule has 1 atom stereocenters. The fraction of sp³-hybridized carbons (Fsp3) is 0.421. The van der Waals surface area contributed by atoms with Crippen molar-refractivity contribution in [1.82, 2.24) is 5.32 Å². The molecule has 1 unspecified atom stereocenters. The lowest BCUT2D eigenvalue weighted by Gasteiger charge is -2.25. The van der Waals surface area contributed by atoms with Gasteiger partial charge in [-0.15, -0.1) is 0 Å². The number of carbonyl (C=O) groups excluding carboxylic acids is 2. The standard InChI is InChI=1S/C19H22N2O4S/c1-4-24-14-7-5-13(6-8-14)15-9-17(22)21-19(16(15)10-20)26-11-18(23)25-12(2)3/h5-8,12,15H,4,9,11H2,1-3H3,(H,21,22). The van der Waals surface area contributed by atoms with Gasteiger partial charge in [-0.1, -0.05) is 23.9 Å². The van der Waals surface area contributed by atoms with E-state index in [1.807, 2.05) is 31.2 Å². The molecule has 1 N–H and O–H groups in total. The Morgan fingerprint density at radius 2 is 2.08 bits per heavy atom. The number of hydrogen-bond acceptors (Lipinski definition) is 6. The molecule has 1 amide bonds. The number of thioether (sulfide) groups is 1. The summed E-state index contributed by atoms with van der Waals surface area (Å²) >= 11 is 1.12. The molecule has 0 aliphatic carbocycles. The molecular weight excluding hydrogens is 352 g/mol. The average molecular weight is 374 g/mol. The number of amides is 1. The number of hydrogen-bond donors (Lipinski definition) is 1. The van der Waals surface area contributed by atoms with Gasteiger partial charge in [0.25, 0.3) is 0 Å². The first kappa shape index (κ1) is 19.9. The van der Waals surface area contributed by atoms with Crippen molar-refractivity contribution in [2.75, 3.05) is 12.4 Å². The summed E-state index contributed by atoms with van der Waals surface area (Å²) < 4.78 is 10.5. The molecule has 0 radical (unpaired) electrons. The third kappa shape index (κ3) is 5.27. The molecule has 1 heterocycles. The van der Waals surface area contributed by atoms with Crippen molar-refractivity contribution >= 4 is 23.6 Å². The number of ether oxygens (including phenoxy) is 2. The van der Waals surface area contributed by atoms with Crippen LogP contribution in [0.5, 0.6) is 5.75 Å². The van der Waals surface area contributed by atoms with Gasteiger partial charge in [-0.25, -0.2) is 0 Å². The number of carbonyl (C=O) groups is 2. The molecule has 0 bridgehead atoms. The van der Waals surface area contributed by atoms with Crippen LogP contribution in [-0.4, -0.2) is 30.3 Å². The van der Waals surface area contributed by atoms with Gasteiger partial charge < -0.3 is 14.8 Å². The van der Waals surface area contributed by atoms with Crippen LogP contribution < -0.4 is 10.1 Å². The predicted octanol–water partition coefficient (Wildman–Crippen LogP) is 3.11. The van der Waals surface area contributed by atoms with E-state index in [0.717, 1.165) is 23.1 Å². The first-order valence-corrected chi connectivity index (χ1v) is 9.42. The average Bonchev–Trinajstić information content (AvgIpc) is 2.60. The van der Waals surface area contributed by atoms with Gasteiger partial charge in [0.05, 0.1) is 35.1 Å². The fourth-order valence-electron chi connectivity index (χ4n) is 2.61. The summed E-state index contributed by atoms with van der Waals surface area (Å²) in [5, 5.41) is 12.7. The summed E-state index contributed by atoms with van der Waals surface area (Å²) in [5.41, 5.74) is 1.32. The van der Waals surface area contributed by atoms with Gasteiger partial charge >= 0.3 is 5.97 Å². The SMILES string of the molecule is CCOc1ccc(C2CC(=O)NC(SCC(=O)OC(C)C)=C2C#N)cc1. The summed E-state index contributed by atoms with van der Waals surface area (Å²) in [6.45, 7) is 6.02. The minimum absolute atomic E-state index is 0.0367. The van der Waals surface area contributed by atoms with Crippen LogP contribution in [0.1, 0.15) is 38.7 Å². The number of benzene rings is 1. The van der Waals surface area contributed by atoms with Gasteiger partial charge in [0.15, 0.2) is 0 Å². The maximum atomic E-state index is 12.1. The fourth-order valence-corrected chi connectivity index (χ4v) is 3.47. The number of rotatable bonds is 7. The predicted molar refractivity (Wildman–Crippen MR) is 99.4 cm³/mol. The van der Waals surface area contributed by atoms with Crippen molar-refractivity contribution in [3.05, 3.63) is 40.4 Å². The molecule has 1 aromatic rings. The Kier molecular flexibility index (Phi) is 7.10.